The zero-order valence-corrected chi connectivity index (χ0v) is 10.4. The van der Waals surface area contributed by atoms with Crippen molar-refractivity contribution in [3.05, 3.63) is 28.8 Å². The minimum atomic E-state index is 0.116. The van der Waals surface area contributed by atoms with Gasteiger partial charge in [-0.2, -0.15) is 0 Å². The van der Waals surface area contributed by atoms with Crippen LogP contribution in [0, 0.1) is 0 Å². The van der Waals surface area contributed by atoms with E-state index >= 15 is 0 Å². The molecule has 3 nitrogen and oxygen atoms in total. The summed E-state index contributed by atoms with van der Waals surface area (Å²) in [7, 11) is 0. The third-order valence-corrected chi connectivity index (χ3v) is 3.17. The van der Waals surface area contributed by atoms with Gasteiger partial charge in [-0.3, -0.25) is 0 Å². The van der Waals surface area contributed by atoms with E-state index in [1.54, 1.807) is 0 Å². The lowest BCUT2D eigenvalue weighted by Gasteiger charge is -2.27. The van der Waals surface area contributed by atoms with Gasteiger partial charge in [0, 0.05) is 6.42 Å². The average molecular weight is 255 g/mol. The Labute approximate surface area is 106 Å². The maximum atomic E-state index is 10.5. The van der Waals surface area contributed by atoms with Gasteiger partial charge in [-0.25, -0.2) is 0 Å². The molecule has 0 spiro atoms. The van der Waals surface area contributed by atoms with Crippen LogP contribution in [-0.2, 0) is 9.53 Å². The molecule has 1 unspecified atom stereocenters. The highest BCUT2D eigenvalue weighted by Crippen LogP contribution is 2.30. The minimum Gasteiger partial charge on any atom is -0.484 e. The molecule has 1 fully saturated rings. The molecule has 1 aliphatic heterocycles. The molecule has 0 aliphatic carbocycles. The maximum Gasteiger partial charge on any atom is 0.145 e. The molecular weight excluding hydrogens is 240 g/mol. The van der Waals surface area contributed by atoms with Crippen molar-refractivity contribution < 1.29 is 14.3 Å². The molecule has 1 heterocycles. The number of hydrogen-bond acceptors (Lipinski definition) is 3. The second kappa shape index (κ2) is 5.52. The fourth-order valence-electron chi connectivity index (χ4n) is 1.66. The SMILES string of the molecule is CC(CC=O)c1ccc(OC2COC2)c(Cl)c1. The van der Waals surface area contributed by atoms with E-state index < -0.39 is 0 Å². The minimum absolute atomic E-state index is 0.116. The second-order valence-electron chi connectivity index (χ2n) is 4.27. The van der Waals surface area contributed by atoms with Gasteiger partial charge >= 0.3 is 0 Å². The summed E-state index contributed by atoms with van der Waals surface area (Å²) in [6.45, 7) is 3.25. The smallest absolute Gasteiger partial charge is 0.145 e. The van der Waals surface area contributed by atoms with Crippen LogP contribution in [0.3, 0.4) is 0 Å². The van der Waals surface area contributed by atoms with Gasteiger partial charge in [0.15, 0.2) is 0 Å². The number of halogens is 1. The van der Waals surface area contributed by atoms with Gasteiger partial charge < -0.3 is 14.3 Å². The predicted octanol–water partition coefficient (Wildman–Crippen LogP) is 2.81. The average Bonchev–Trinajstić information content (AvgIpc) is 2.25. The van der Waals surface area contributed by atoms with Crippen LogP contribution >= 0.6 is 11.6 Å². The van der Waals surface area contributed by atoms with Gasteiger partial charge in [-0.1, -0.05) is 24.6 Å². The molecular formula is C13H15ClO3. The van der Waals surface area contributed by atoms with Crippen molar-refractivity contribution in [1.82, 2.24) is 0 Å². The molecule has 1 atom stereocenters. The molecule has 0 aromatic heterocycles. The Balaban J connectivity index is 2.07. The Bertz CT molecular complexity index is 402. The molecule has 17 heavy (non-hydrogen) atoms. The molecule has 2 rings (SSSR count). The predicted molar refractivity (Wildman–Crippen MR) is 65.8 cm³/mol. The first-order chi connectivity index (χ1) is 8.20. The summed E-state index contributed by atoms with van der Waals surface area (Å²) in [5, 5.41) is 0.590. The second-order valence-corrected chi connectivity index (χ2v) is 4.68. The lowest BCUT2D eigenvalue weighted by molar-refractivity contribution is -0.108. The van der Waals surface area contributed by atoms with Crippen LogP contribution in [0.2, 0.25) is 5.02 Å². The van der Waals surface area contributed by atoms with Crippen LogP contribution in [0.25, 0.3) is 0 Å². The van der Waals surface area contributed by atoms with Crippen molar-refractivity contribution in [3.8, 4) is 5.75 Å². The molecule has 1 saturated heterocycles. The summed E-state index contributed by atoms with van der Waals surface area (Å²) in [4.78, 5) is 10.5. The van der Waals surface area contributed by atoms with Gasteiger partial charge in [-0.15, -0.1) is 0 Å². The maximum absolute atomic E-state index is 10.5. The van der Waals surface area contributed by atoms with Gasteiger partial charge in [0.25, 0.3) is 0 Å². The molecule has 0 bridgehead atoms. The lowest BCUT2D eigenvalue weighted by Crippen LogP contribution is -2.38. The quantitative estimate of drug-likeness (QED) is 0.758. The van der Waals surface area contributed by atoms with Gasteiger partial charge in [0.1, 0.15) is 18.1 Å². The van der Waals surface area contributed by atoms with E-state index in [1.165, 1.54) is 0 Å². The van der Waals surface area contributed by atoms with Crippen molar-refractivity contribution in [2.24, 2.45) is 0 Å². The van der Waals surface area contributed by atoms with Crippen LogP contribution in [0.15, 0.2) is 18.2 Å². The summed E-state index contributed by atoms with van der Waals surface area (Å²) < 4.78 is 10.7. The number of carbonyl (C=O) groups excluding carboxylic acids is 1. The van der Waals surface area contributed by atoms with E-state index in [-0.39, 0.29) is 12.0 Å². The van der Waals surface area contributed by atoms with Gasteiger partial charge in [-0.05, 0) is 23.6 Å². The van der Waals surface area contributed by atoms with Crippen LogP contribution in [0.4, 0.5) is 0 Å². The van der Waals surface area contributed by atoms with E-state index in [0.717, 1.165) is 11.8 Å². The standard InChI is InChI=1S/C13H15ClO3/c1-9(4-5-15)10-2-3-13(12(14)6-10)17-11-7-16-8-11/h2-3,5-6,9,11H,4,7-8H2,1H3. The fraction of sp³-hybridized carbons (Fsp3) is 0.462. The van der Waals surface area contributed by atoms with Crippen molar-refractivity contribution >= 4 is 17.9 Å². The Morgan fingerprint density at radius 3 is 2.88 bits per heavy atom. The highest BCUT2D eigenvalue weighted by Gasteiger charge is 2.21. The zero-order chi connectivity index (χ0) is 12.3. The molecule has 0 radical (unpaired) electrons. The van der Waals surface area contributed by atoms with Crippen LogP contribution in [0.1, 0.15) is 24.8 Å². The number of carbonyl (C=O) groups is 1. The normalized spacial score (nSPS) is 17.3. The van der Waals surface area contributed by atoms with Crippen LogP contribution < -0.4 is 4.74 Å². The molecule has 1 aliphatic rings. The van der Waals surface area contributed by atoms with Crippen molar-refractivity contribution in [3.63, 3.8) is 0 Å². The van der Waals surface area contributed by atoms with E-state index in [9.17, 15) is 4.79 Å². The lowest BCUT2D eigenvalue weighted by atomic mass is 9.98. The number of ether oxygens (including phenoxy) is 2. The van der Waals surface area contributed by atoms with E-state index in [1.807, 2.05) is 25.1 Å². The first kappa shape index (κ1) is 12.4. The molecule has 1 aromatic rings. The van der Waals surface area contributed by atoms with Crippen LogP contribution in [-0.4, -0.2) is 25.6 Å². The van der Waals surface area contributed by atoms with Gasteiger partial charge in [0.05, 0.1) is 18.2 Å². The summed E-state index contributed by atoms with van der Waals surface area (Å²) in [6, 6.07) is 5.68. The van der Waals surface area contributed by atoms with Crippen LogP contribution in [0.5, 0.6) is 5.75 Å². The van der Waals surface area contributed by atoms with Crippen molar-refractivity contribution in [2.45, 2.75) is 25.4 Å². The Kier molecular flexibility index (Phi) is 4.02. The highest BCUT2D eigenvalue weighted by atomic mass is 35.5. The third kappa shape index (κ3) is 2.99. The molecule has 0 N–H and O–H groups in total. The monoisotopic (exact) mass is 254 g/mol. The van der Waals surface area contributed by atoms with E-state index in [0.29, 0.717) is 30.4 Å². The summed E-state index contributed by atoms with van der Waals surface area (Å²) >= 11 is 6.14. The molecule has 0 amide bonds. The summed E-state index contributed by atoms with van der Waals surface area (Å²) in [5.41, 5.74) is 1.05. The van der Waals surface area contributed by atoms with E-state index in [2.05, 4.69) is 0 Å². The Hall–Kier alpha value is -1.06. The first-order valence-corrected chi connectivity index (χ1v) is 6.06. The van der Waals surface area contributed by atoms with Gasteiger partial charge in [0.2, 0.25) is 0 Å². The Morgan fingerprint density at radius 2 is 2.35 bits per heavy atom. The molecule has 1 aromatic carbocycles. The van der Waals surface area contributed by atoms with Crippen molar-refractivity contribution in [1.29, 1.82) is 0 Å². The topological polar surface area (TPSA) is 35.5 Å². The largest absolute Gasteiger partial charge is 0.484 e. The summed E-state index contributed by atoms with van der Waals surface area (Å²) in [6.07, 6.45) is 1.55. The number of aldehydes is 1. The first-order valence-electron chi connectivity index (χ1n) is 5.68. The molecule has 92 valence electrons. The molecule has 0 saturated carbocycles. The van der Waals surface area contributed by atoms with Crippen molar-refractivity contribution in [2.75, 3.05) is 13.2 Å². The highest BCUT2D eigenvalue weighted by molar-refractivity contribution is 6.32. The Morgan fingerprint density at radius 1 is 1.59 bits per heavy atom. The fourth-order valence-corrected chi connectivity index (χ4v) is 1.89. The van der Waals surface area contributed by atoms with E-state index in [4.69, 9.17) is 21.1 Å². The third-order valence-electron chi connectivity index (χ3n) is 2.88. The number of benzene rings is 1. The molecule has 4 heteroatoms. The number of rotatable bonds is 5. The summed E-state index contributed by atoms with van der Waals surface area (Å²) in [5.74, 6) is 0.869. The number of hydrogen-bond donors (Lipinski definition) is 0. The zero-order valence-electron chi connectivity index (χ0n) is 9.69.